The number of amides is 1. The van der Waals surface area contributed by atoms with Gasteiger partial charge in [0.1, 0.15) is 0 Å². The smallest absolute Gasteiger partial charge is 0.414 e. The molecule has 1 saturated heterocycles. The SMILES string of the molecule is Cc1ccc(N2CC(CCN)COC2=O)cc1. The molecule has 0 spiro atoms. The number of hydrogen-bond donors (Lipinski definition) is 1. The van der Waals surface area contributed by atoms with Gasteiger partial charge in [0.25, 0.3) is 0 Å². The molecule has 0 saturated carbocycles. The lowest BCUT2D eigenvalue weighted by Gasteiger charge is -2.32. The van der Waals surface area contributed by atoms with E-state index in [2.05, 4.69) is 0 Å². The second kappa shape index (κ2) is 5.19. The zero-order valence-corrected chi connectivity index (χ0v) is 10.1. The number of nitrogens with zero attached hydrogens (tertiary/aromatic N) is 1. The highest BCUT2D eigenvalue weighted by Gasteiger charge is 2.27. The summed E-state index contributed by atoms with van der Waals surface area (Å²) >= 11 is 0. The molecule has 1 aliphatic heterocycles. The molecule has 2 rings (SSSR count). The molecule has 17 heavy (non-hydrogen) atoms. The first kappa shape index (κ1) is 11.9. The molecule has 92 valence electrons. The van der Waals surface area contributed by atoms with Crippen molar-refractivity contribution in [2.24, 2.45) is 11.7 Å². The van der Waals surface area contributed by atoms with E-state index in [0.717, 1.165) is 12.1 Å². The van der Waals surface area contributed by atoms with Gasteiger partial charge in [-0.1, -0.05) is 17.7 Å². The molecule has 1 amide bonds. The number of carbonyl (C=O) groups is 1. The molecule has 2 N–H and O–H groups in total. The van der Waals surface area contributed by atoms with Crippen molar-refractivity contribution in [1.29, 1.82) is 0 Å². The van der Waals surface area contributed by atoms with E-state index in [4.69, 9.17) is 10.5 Å². The van der Waals surface area contributed by atoms with Gasteiger partial charge in [0.05, 0.1) is 6.61 Å². The predicted octanol–water partition coefficient (Wildman–Crippen LogP) is 1.92. The Morgan fingerprint density at radius 2 is 2.12 bits per heavy atom. The van der Waals surface area contributed by atoms with Crippen LogP contribution in [0.1, 0.15) is 12.0 Å². The Morgan fingerprint density at radius 3 is 2.76 bits per heavy atom. The van der Waals surface area contributed by atoms with E-state index in [9.17, 15) is 4.79 Å². The van der Waals surface area contributed by atoms with Gasteiger partial charge in [-0.25, -0.2) is 4.79 Å². The number of cyclic esters (lactones) is 1. The summed E-state index contributed by atoms with van der Waals surface area (Å²) in [6.45, 7) is 3.83. The van der Waals surface area contributed by atoms with Gasteiger partial charge in [0, 0.05) is 18.2 Å². The minimum atomic E-state index is -0.262. The lowest BCUT2D eigenvalue weighted by molar-refractivity contribution is 0.113. The Labute approximate surface area is 101 Å². The van der Waals surface area contributed by atoms with Crippen LogP contribution in [0.25, 0.3) is 0 Å². The maximum Gasteiger partial charge on any atom is 0.414 e. The van der Waals surface area contributed by atoms with Gasteiger partial charge in [0.2, 0.25) is 0 Å². The van der Waals surface area contributed by atoms with Crippen LogP contribution in [0.15, 0.2) is 24.3 Å². The third-order valence-corrected chi connectivity index (χ3v) is 3.02. The Balaban J connectivity index is 2.12. The summed E-state index contributed by atoms with van der Waals surface area (Å²) in [6.07, 6.45) is 0.623. The average molecular weight is 234 g/mol. The molecule has 1 atom stereocenters. The molecule has 0 aromatic heterocycles. The van der Waals surface area contributed by atoms with Crippen LogP contribution in [0, 0.1) is 12.8 Å². The van der Waals surface area contributed by atoms with E-state index in [1.165, 1.54) is 5.56 Å². The molecule has 0 aliphatic carbocycles. The van der Waals surface area contributed by atoms with Crippen LogP contribution in [0.4, 0.5) is 10.5 Å². The average Bonchev–Trinajstić information content (AvgIpc) is 2.33. The Morgan fingerprint density at radius 1 is 1.41 bits per heavy atom. The fourth-order valence-corrected chi connectivity index (χ4v) is 2.00. The van der Waals surface area contributed by atoms with Gasteiger partial charge < -0.3 is 10.5 Å². The number of anilines is 1. The van der Waals surface area contributed by atoms with Gasteiger partial charge >= 0.3 is 6.09 Å². The van der Waals surface area contributed by atoms with Gasteiger partial charge in [-0.15, -0.1) is 0 Å². The van der Waals surface area contributed by atoms with Crippen molar-refractivity contribution in [3.63, 3.8) is 0 Å². The van der Waals surface area contributed by atoms with Crippen LogP contribution in [0.2, 0.25) is 0 Å². The highest BCUT2D eigenvalue weighted by molar-refractivity contribution is 5.88. The molecule has 0 radical (unpaired) electrons. The van der Waals surface area contributed by atoms with Crippen molar-refractivity contribution in [3.05, 3.63) is 29.8 Å². The van der Waals surface area contributed by atoms with E-state index in [1.54, 1.807) is 4.90 Å². The molecule has 1 unspecified atom stereocenters. The molecule has 1 aromatic rings. The van der Waals surface area contributed by atoms with E-state index in [0.29, 0.717) is 25.6 Å². The summed E-state index contributed by atoms with van der Waals surface area (Å²) in [6, 6.07) is 7.88. The fourth-order valence-electron chi connectivity index (χ4n) is 2.00. The molecular weight excluding hydrogens is 216 g/mol. The van der Waals surface area contributed by atoms with Gasteiger partial charge in [-0.05, 0) is 32.0 Å². The zero-order valence-electron chi connectivity index (χ0n) is 10.1. The minimum Gasteiger partial charge on any atom is -0.449 e. The largest absolute Gasteiger partial charge is 0.449 e. The van der Waals surface area contributed by atoms with Crippen LogP contribution in [0.5, 0.6) is 0 Å². The monoisotopic (exact) mass is 234 g/mol. The van der Waals surface area contributed by atoms with Crippen LogP contribution in [-0.4, -0.2) is 25.8 Å². The summed E-state index contributed by atoms with van der Waals surface area (Å²) in [4.78, 5) is 13.4. The summed E-state index contributed by atoms with van der Waals surface area (Å²) in [5.74, 6) is 0.332. The number of aryl methyl sites for hydroxylation is 1. The van der Waals surface area contributed by atoms with Crippen molar-refractivity contribution in [1.82, 2.24) is 0 Å². The standard InChI is InChI=1S/C13H18N2O2/c1-10-2-4-12(5-3-10)15-8-11(6-7-14)9-17-13(15)16/h2-5,11H,6-9,14H2,1H3. The van der Waals surface area contributed by atoms with Gasteiger partial charge in [0.15, 0.2) is 0 Å². The maximum atomic E-state index is 11.7. The summed E-state index contributed by atoms with van der Waals surface area (Å²) < 4.78 is 5.17. The van der Waals surface area contributed by atoms with Gasteiger partial charge in [-0.3, -0.25) is 4.90 Å². The van der Waals surface area contributed by atoms with Crippen LogP contribution in [0.3, 0.4) is 0 Å². The molecule has 1 heterocycles. The summed E-state index contributed by atoms with van der Waals surface area (Å²) in [5, 5.41) is 0. The Kier molecular flexibility index (Phi) is 3.64. The first-order valence-corrected chi connectivity index (χ1v) is 5.91. The zero-order chi connectivity index (χ0) is 12.3. The second-order valence-corrected chi connectivity index (χ2v) is 4.47. The lowest BCUT2D eigenvalue weighted by Crippen LogP contribution is -2.43. The Hall–Kier alpha value is -1.55. The maximum absolute atomic E-state index is 11.7. The number of benzene rings is 1. The number of nitrogens with two attached hydrogens (primary N) is 1. The highest BCUT2D eigenvalue weighted by Crippen LogP contribution is 2.22. The lowest BCUT2D eigenvalue weighted by atomic mass is 10.0. The topological polar surface area (TPSA) is 55.6 Å². The van der Waals surface area contributed by atoms with Crippen molar-refractivity contribution in [2.45, 2.75) is 13.3 Å². The van der Waals surface area contributed by atoms with Crippen LogP contribution in [-0.2, 0) is 4.74 Å². The summed E-state index contributed by atoms with van der Waals surface area (Å²) in [5.41, 5.74) is 7.61. The van der Waals surface area contributed by atoms with E-state index in [-0.39, 0.29) is 6.09 Å². The Bertz CT molecular complexity index is 389. The third kappa shape index (κ3) is 2.77. The molecule has 0 bridgehead atoms. The highest BCUT2D eigenvalue weighted by atomic mass is 16.6. The molecule has 1 fully saturated rings. The van der Waals surface area contributed by atoms with Gasteiger partial charge in [-0.2, -0.15) is 0 Å². The first-order chi connectivity index (χ1) is 8.20. The number of hydrogen-bond acceptors (Lipinski definition) is 3. The van der Waals surface area contributed by atoms with E-state index in [1.807, 2.05) is 31.2 Å². The third-order valence-electron chi connectivity index (χ3n) is 3.02. The number of carbonyl (C=O) groups excluding carboxylic acids is 1. The van der Waals surface area contributed by atoms with E-state index < -0.39 is 0 Å². The number of rotatable bonds is 3. The van der Waals surface area contributed by atoms with Crippen molar-refractivity contribution in [2.75, 3.05) is 24.6 Å². The second-order valence-electron chi connectivity index (χ2n) is 4.47. The molecule has 4 heteroatoms. The molecule has 4 nitrogen and oxygen atoms in total. The molecule has 1 aliphatic rings. The van der Waals surface area contributed by atoms with Crippen molar-refractivity contribution >= 4 is 11.8 Å². The van der Waals surface area contributed by atoms with E-state index >= 15 is 0 Å². The first-order valence-electron chi connectivity index (χ1n) is 5.91. The van der Waals surface area contributed by atoms with Crippen LogP contribution < -0.4 is 10.6 Å². The minimum absolute atomic E-state index is 0.262. The molecule has 1 aromatic carbocycles. The fraction of sp³-hybridized carbons (Fsp3) is 0.462. The normalized spacial score (nSPS) is 20.2. The molecular formula is C13H18N2O2. The van der Waals surface area contributed by atoms with Crippen LogP contribution >= 0.6 is 0 Å². The van der Waals surface area contributed by atoms with Crippen molar-refractivity contribution < 1.29 is 9.53 Å². The predicted molar refractivity (Wildman–Crippen MR) is 67.0 cm³/mol. The number of ether oxygens (including phenoxy) is 1. The van der Waals surface area contributed by atoms with Crippen molar-refractivity contribution in [3.8, 4) is 0 Å². The quantitative estimate of drug-likeness (QED) is 0.869. The summed E-state index contributed by atoms with van der Waals surface area (Å²) in [7, 11) is 0.